The lowest BCUT2D eigenvalue weighted by Gasteiger charge is -2.02. The Kier molecular flexibility index (Phi) is 6.25. The topological polar surface area (TPSA) is 72.8 Å². The molecule has 2 aromatic rings. The molecule has 0 aliphatic heterocycles. The SMILES string of the molecule is CC(=O)OC/C=C/c1ccccc1/C=N/S(=O)(=O)c1ccc(C)cc1. The highest BCUT2D eigenvalue weighted by Gasteiger charge is 2.11. The predicted octanol–water partition coefficient (Wildman–Crippen LogP) is 3.38. The van der Waals surface area contributed by atoms with Gasteiger partial charge >= 0.3 is 5.97 Å². The van der Waals surface area contributed by atoms with Crippen molar-refractivity contribution in [1.29, 1.82) is 0 Å². The third kappa shape index (κ3) is 5.69. The van der Waals surface area contributed by atoms with Gasteiger partial charge in [-0.05, 0) is 30.7 Å². The second-order valence-corrected chi connectivity index (χ2v) is 6.99. The van der Waals surface area contributed by atoms with Gasteiger partial charge in [-0.2, -0.15) is 12.8 Å². The molecule has 0 bridgehead atoms. The quantitative estimate of drug-likeness (QED) is 0.587. The van der Waals surface area contributed by atoms with Crippen LogP contribution in [0.3, 0.4) is 0 Å². The average molecular weight is 357 g/mol. The smallest absolute Gasteiger partial charge is 0.302 e. The Morgan fingerprint density at radius 1 is 1.08 bits per heavy atom. The van der Waals surface area contributed by atoms with E-state index in [1.807, 2.05) is 19.1 Å². The summed E-state index contributed by atoms with van der Waals surface area (Å²) in [7, 11) is -3.75. The van der Waals surface area contributed by atoms with E-state index in [4.69, 9.17) is 4.74 Å². The number of benzene rings is 2. The molecule has 0 aliphatic rings. The van der Waals surface area contributed by atoms with E-state index in [0.29, 0.717) is 5.56 Å². The Morgan fingerprint density at radius 3 is 2.36 bits per heavy atom. The Balaban J connectivity index is 2.20. The molecule has 0 saturated heterocycles. The molecule has 6 heteroatoms. The zero-order valence-electron chi connectivity index (χ0n) is 14.0. The van der Waals surface area contributed by atoms with Crippen LogP contribution in [-0.2, 0) is 19.6 Å². The number of rotatable bonds is 6. The van der Waals surface area contributed by atoms with Gasteiger partial charge in [-0.15, -0.1) is 0 Å². The fourth-order valence-electron chi connectivity index (χ4n) is 2.02. The van der Waals surface area contributed by atoms with Crippen LogP contribution < -0.4 is 0 Å². The lowest BCUT2D eigenvalue weighted by Crippen LogP contribution is -1.99. The van der Waals surface area contributed by atoms with Crippen molar-refractivity contribution in [2.75, 3.05) is 6.61 Å². The Bertz CT molecular complexity index is 897. The van der Waals surface area contributed by atoms with Crippen molar-refractivity contribution in [1.82, 2.24) is 0 Å². The van der Waals surface area contributed by atoms with Crippen molar-refractivity contribution >= 4 is 28.3 Å². The summed E-state index contributed by atoms with van der Waals surface area (Å²) in [6.07, 6.45) is 4.76. The first-order valence-electron chi connectivity index (χ1n) is 7.64. The molecule has 25 heavy (non-hydrogen) atoms. The van der Waals surface area contributed by atoms with Crippen LogP contribution >= 0.6 is 0 Å². The summed E-state index contributed by atoms with van der Waals surface area (Å²) in [6, 6.07) is 13.7. The number of nitrogens with zero attached hydrogens (tertiary/aromatic N) is 1. The predicted molar refractivity (Wildman–Crippen MR) is 98.1 cm³/mol. The molecule has 0 atom stereocenters. The van der Waals surface area contributed by atoms with Crippen LogP contribution in [0.25, 0.3) is 6.08 Å². The van der Waals surface area contributed by atoms with Crippen molar-refractivity contribution < 1.29 is 17.9 Å². The van der Waals surface area contributed by atoms with E-state index in [-0.39, 0.29) is 17.5 Å². The summed E-state index contributed by atoms with van der Waals surface area (Å²) >= 11 is 0. The zero-order valence-corrected chi connectivity index (χ0v) is 14.9. The molecule has 0 amide bonds. The minimum absolute atomic E-state index is 0.150. The van der Waals surface area contributed by atoms with Crippen LogP contribution in [0.1, 0.15) is 23.6 Å². The van der Waals surface area contributed by atoms with Crippen molar-refractivity contribution in [3.05, 3.63) is 71.3 Å². The first-order chi connectivity index (χ1) is 11.9. The molecular weight excluding hydrogens is 338 g/mol. The third-order valence-corrected chi connectivity index (χ3v) is 4.58. The molecule has 0 aromatic heterocycles. The molecule has 0 N–H and O–H groups in total. The summed E-state index contributed by atoms with van der Waals surface area (Å²) in [5.74, 6) is -0.358. The van der Waals surface area contributed by atoms with E-state index in [1.165, 1.54) is 25.3 Å². The van der Waals surface area contributed by atoms with E-state index in [9.17, 15) is 13.2 Å². The van der Waals surface area contributed by atoms with Crippen LogP contribution in [0.15, 0.2) is 63.9 Å². The minimum atomic E-state index is -3.75. The first kappa shape index (κ1) is 18.6. The highest BCUT2D eigenvalue weighted by molar-refractivity contribution is 7.90. The van der Waals surface area contributed by atoms with Gasteiger partial charge < -0.3 is 4.74 Å². The minimum Gasteiger partial charge on any atom is -0.462 e. The monoisotopic (exact) mass is 357 g/mol. The molecule has 0 spiro atoms. The van der Waals surface area contributed by atoms with E-state index in [0.717, 1.165) is 11.1 Å². The normalized spacial score (nSPS) is 11.9. The highest BCUT2D eigenvalue weighted by Crippen LogP contribution is 2.14. The maximum absolute atomic E-state index is 12.3. The Hall–Kier alpha value is -2.73. The summed E-state index contributed by atoms with van der Waals surface area (Å²) in [5, 5.41) is 0. The van der Waals surface area contributed by atoms with Gasteiger partial charge in [0.25, 0.3) is 10.0 Å². The molecule has 0 fully saturated rings. The van der Waals surface area contributed by atoms with Gasteiger partial charge in [0.2, 0.25) is 0 Å². The molecule has 0 saturated carbocycles. The van der Waals surface area contributed by atoms with Crippen LogP contribution in [0.2, 0.25) is 0 Å². The molecule has 0 radical (unpaired) electrons. The van der Waals surface area contributed by atoms with Crippen molar-refractivity contribution in [2.24, 2.45) is 4.40 Å². The first-order valence-corrected chi connectivity index (χ1v) is 9.08. The van der Waals surface area contributed by atoms with Crippen LogP contribution in [0.4, 0.5) is 0 Å². The highest BCUT2D eigenvalue weighted by atomic mass is 32.2. The van der Waals surface area contributed by atoms with E-state index < -0.39 is 10.0 Å². The number of hydrogen-bond acceptors (Lipinski definition) is 4. The fraction of sp³-hybridized carbons (Fsp3) is 0.158. The van der Waals surface area contributed by atoms with Gasteiger partial charge in [-0.25, -0.2) is 0 Å². The lowest BCUT2D eigenvalue weighted by atomic mass is 10.1. The van der Waals surface area contributed by atoms with Crippen molar-refractivity contribution in [2.45, 2.75) is 18.7 Å². The van der Waals surface area contributed by atoms with Gasteiger partial charge in [-0.1, -0.05) is 48.0 Å². The van der Waals surface area contributed by atoms with Crippen LogP contribution in [0.5, 0.6) is 0 Å². The summed E-state index contributed by atoms with van der Waals surface area (Å²) in [4.78, 5) is 10.9. The third-order valence-electron chi connectivity index (χ3n) is 3.33. The fourth-order valence-corrected chi connectivity index (χ4v) is 2.87. The molecule has 2 aromatic carbocycles. The number of esters is 1. The average Bonchev–Trinajstić information content (AvgIpc) is 2.58. The van der Waals surface area contributed by atoms with Gasteiger partial charge in [0.15, 0.2) is 0 Å². The number of carbonyl (C=O) groups is 1. The van der Waals surface area contributed by atoms with Gasteiger partial charge in [-0.3, -0.25) is 4.79 Å². The molecule has 2 rings (SSSR count). The number of hydrogen-bond donors (Lipinski definition) is 0. The number of sulfonamides is 1. The van der Waals surface area contributed by atoms with E-state index in [2.05, 4.69) is 4.40 Å². The zero-order chi connectivity index (χ0) is 18.3. The Labute approximate surface area is 147 Å². The van der Waals surface area contributed by atoms with Crippen LogP contribution in [0, 0.1) is 6.92 Å². The maximum atomic E-state index is 12.3. The number of aryl methyl sites for hydroxylation is 1. The molecular formula is C19H19NO4S. The molecule has 0 heterocycles. The Morgan fingerprint density at radius 2 is 1.72 bits per heavy atom. The van der Waals surface area contributed by atoms with Gasteiger partial charge in [0.1, 0.15) is 6.61 Å². The standard InChI is InChI=1S/C19H19NO4S/c1-15-9-11-19(12-10-15)25(22,23)20-14-18-7-4-3-6-17(18)8-5-13-24-16(2)21/h3-12,14H,13H2,1-2H3/b8-5+,20-14+. The summed E-state index contributed by atoms with van der Waals surface area (Å²) in [5.41, 5.74) is 2.40. The second kappa shape index (κ2) is 8.39. The maximum Gasteiger partial charge on any atom is 0.302 e. The molecule has 130 valence electrons. The van der Waals surface area contributed by atoms with Gasteiger partial charge in [0, 0.05) is 18.7 Å². The second-order valence-electron chi connectivity index (χ2n) is 5.36. The van der Waals surface area contributed by atoms with Crippen molar-refractivity contribution in [3.8, 4) is 0 Å². The summed E-state index contributed by atoms with van der Waals surface area (Å²) in [6.45, 7) is 3.38. The molecule has 0 aliphatic carbocycles. The molecule has 0 unspecified atom stereocenters. The lowest BCUT2D eigenvalue weighted by molar-refractivity contribution is -0.139. The number of ether oxygens (including phenoxy) is 1. The van der Waals surface area contributed by atoms with Crippen molar-refractivity contribution in [3.63, 3.8) is 0 Å². The van der Waals surface area contributed by atoms with E-state index in [1.54, 1.807) is 36.4 Å². The van der Waals surface area contributed by atoms with E-state index >= 15 is 0 Å². The molecule has 5 nitrogen and oxygen atoms in total. The van der Waals surface area contributed by atoms with Gasteiger partial charge in [0.05, 0.1) is 4.90 Å². The van der Waals surface area contributed by atoms with Crippen LogP contribution in [-0.4, -0.2) is 27.2 Å². The number of carbonyl (C=O) groups excluding carboxylic acids is 1. The largest absolute Gasteiger partial charge is 0.462 e. The summed E-state index contributed by atoms with van der Waals surface area (Å²) < 4.78 is 33.2.